The minimum atomic E-state index is -0.228. The van der Waals surface area contributed by atoms with E-state index < -0.39 is 0 Å². The number of hydrogen-bond donors (Lipinski definition) is 0. The van der Waals surface area contributed by atoms with Gasteiger partial charge in [0.1, 0.15) is 11.6 Å². The van der Waals surface area contributed by atoms with Gasteiger partial charge in [-0.25, -0.2) is 4.39 Å². The molecule has 0 saturated carbocycles. The van der Waals surface area contributed by atoms with E-state index in [0.29, 0.717) is 25.2 Å². The van der Waals surface area contributed by atoms with Crippen molar-refractivity contribution in [3.05, 3.63) is 94.3 Å². The molecule has 0 atom stereocenters. The van der Waals surface area contributed by atoms with Crippen LogP contribution in [0.4, 0.5) is 4.39 Å². The summed E-state index contributed by atoms with van der Waals surface area (Å²) < 4.78 is 21.3. The van der Waals surface area contributed by atoms with E-state index in [1.807, 2.05) is 35.2 Å². The van der Waals surface area contributed by atoms with Crippen LogP contribution in [-0.4, -0.2) is 21.9 Å². The molecule has 0 fully saturated rings. The SMILES string of the molecule is Cc1c(C)n(Cc2cccc(F)c2)c2ccc(C(=O)N3CCc4occc4C3)cc12. The number of hydrogen-bond acceptors (Lipinski definition) is 2. The molecule has 2 aromatic heterocycles. The lowest BCUT2D eigenvalue weighted by Gasteiger charge is -2.26. The van der Waals surface area contributed by atoms with Crippen LogP contribution >= 0.6 is 0 Å². The summed E-state index contributed by atoms with van der Waals surface area (Å²) in [4.78, 5) is 15.0. The van der Waals surface area contributed by atoms with Crippen LogP contribution in [0.3, 0.4) is 0 Å². The normalized spacial score (nSPS) is 13.6. The molecule has 0 saturated heterocycles. The molecule has 5 heteroatoms. The van der Waals surface area contributed by atoms with Crippen LogP contribution in [0.15, 0.2) is 59.2 Å². The molecular weight excluding hydrogens is 379 g/mol. The number of aromatic nitrogens is 1. The first-order valence-corrected chi connectivity index (χ1v) is 10.2. The number of carbonyl (C=O) groups is 1. The van der Waals surface area contributed by atoms with Gasteiger partial charge in [-0.15, -0.1) is 0 Å². The van der Waals surface area contributed by atoms with Gasteiger partial charge in [0.25, 0.3) is 5.91 Å². The zero-order chi connectivity index (χ0) is 20.8. The molecule has 0 aliphatic carbocycles. The second-order valence-corrected chi connectivity index (χ2v) is 8.00. The molecule has 0 N–H and O–H groups in total. The fraction of sp³-hybridized carbons (Fsp3) is 0.240. The number of carbonyl (C=O) groups excluding carboxylic acids is 1. The van der Waals surface area contributed by atoms with Crippen molar-refractivity contribution in [1.82, 2.24) is 9.47 Å². The first kappa shape index (κ1) is 18.7. The Morgan fingerprint density at radius 1 is 1.13 bits per heavy atom. The Morgan fingerprint density at radius 3 is 2.83 bits per heavy atom. The van der Waals surface area contributed by atoms with E-state index in [2.05, 4.69) is 18.4 Å². The molecule has 1 aliphatic heterocycles. The van der Waals surface area contributed by atoms with Crippen molar-refractivity contribution in [1.29, 1.82) is 0 Å². The summed E-state index contributed by atoms with van der Waals surface area (Å²) in [6.45, 7) is 5.99. The number of fused-ring (bicyclic) bond motifs is 2. The van der Waals surface area contributed by atoms with E-state index in [9.17, 15) is 9.18 Å². The van der Waals surface area contributed by atoms with Gasteiger partial charge in [-0.3, -0.25) is 4.79 Å². The summed E-state index contributed by atoms with van der Waals surface area (Å²) in [5, 5.41) is 1.07. The summed E-state index contributed by atoms with van der Waals surface area (Å²) in [7, 11) is 0. The zero-order valence-corrected chi connectivity index (χ0v) is 17.1. The molecule has 5 rings (SSSR count). The van der Waals surface area contributed by atoms with Gasteiger partial charge in [-0.05, 0) is 61.4 Å². The van der Waals surface area contributed by atoms with Gasteiger partial charge in [-0.2, -0.15) is 0 Å². The minimum Gasteiger partial charge on any atom is -0.469 e. The fourth-order valence-electron chi connectivity index (χ4n) is 4.41. The molecule has 0 spiro atoms. The number of furan rings is 1. The Labute approximate surface area is 174 Å². The minimum absolute atomic E-state index is 0.0404. The number of benzene rings is 2. The lowest BCUT2D eigenvalue weighted by atomic mass is 10.1. The van der Waals surface area contributed by atoms with E-state index in [4.69, 9.17) is 4.42 Å². The quantitative estimate of drug-likeness (QED) is 0.470. The second kappa shape index (κ2) is 7.17. The maximum absolute atomic E-state index is 13.6. The topological polar surface area (TPSA) is 38.4 Å². The van der Waals surface area contributed by atoms with E-state index in [0.717, 1.165) is 45.5 Å². The van der Waals surface area contributed by atoms with Crippen LogP contribution < -0.4 is 0 Å². The Kier molecular flexibility index (Phi) is 4.46. The predicted octanol–water partition coefficient (Wildman–Crippen LogP) is 5.24. The summed E-state index contributed by atoms with van der Waals surface area (Å²) in [5.74, 6) is 0.794. The van der Waals surface area contributed by atoms with E-state index in [1.54, 1.807) is 18.4 Å². The summed E-state index contributed by atoms with van der Waals surface area (Å²) in [5.41, 5.74) is 6.03. The molecule has 1 aliphatic rings. The molecule has 0 unspecified atom stereocenters. The highest BCUT2D eigenvalue weighted by molar-refractivity contribution is 5.99. The fourth-order valence-corrected chi connectivity index (χ4v) is 4.41. The molecule has 3 heterocycles. The smallest absolute Gasteiger partial charge is 0.254 e. The molecule has 152 valence electrons. The van der Waals surface area contributed by atoms with Crippen molar-refractivity contribution < 1.29 is 13.6 Å². The maximum Gasteiger partial charge on any atom is 0.254 e. The van der Waals surface area contributed by atoms with Gasteiger partial charge < -0.3 is 13.9 Å². The average Bonchev–Trinajstić information content (AvgIpc) is 3.31. The van der Waals surface area contributed by atoms with Crippen LogP contribution in [0.5, 0.6) is 0 Å². The van der Waals surface area contributed by atoms with Crippen LogP contribution in [0.2, 0.25) is 0 Å². The van der Waals surface area contributed by atoms with Crippen molar-refractivity contribution in [2.45, 2.75) is 33.4 Å². The Bertz CT molecular complexity index is 1270. The monoisotopic (exact) mass is 402 g/mol. The number of halogens is 1. The maximum atomic E-state index is 13.6. The zero-order valence-electron chi connectivity index (χ0n) is 17.1. The molecular formula is C25H23FN2O2. The van der Waals surface area contributed by atoms with Gasteiger partial charge in [-0.1, -0.05) is 12.1 Å². The van der Waals surface area contributed by atoms with Crippen molar-refractivity contribution in [3.8, 4) is 0 Å². The Balaban J connectivity index is 1.48. The third kappa shape index (κ3) is 3.11. The molecule has 4 aromatic rings. The predicted molar refractivity (Wildman–Crippen MR) is 114 cm³/mol. The van der Waals surface area contributed by atoms with Gasteiger partial charge >= 0.3 is 0 Å². The van der Waals surface area contributed by atoms with Crippen molar-refractivity contribution >= 4 is 16.8 Å². The second-order valence-electron chi connectivity index (χ2n) is 8.00. The first-order valence-electron chi connectivity index (χ1n) is 10.2. The summed E-state index contributed by atoms with van der Waals surface area (Å²) in [6.07, 6.45) is 2.44. The molecule has 1 amide bonds. The van der Waals surface area contributed by atoms with E-state index in [-0.39, 0.29) is 11.7 Å². The molecule has 0 bridgehead atoms. The van der Waals surface area contributed by atoms with Crippen molar-refractivity contribution in [2.75, 3.05) is 6.54 Å². The molecule has 4 nitrogen and oxygen atoms in total. The lowest BCUT2D eigenvalue weighted by molar-refractivity contribution is 0.0730. The van der Waals surface area contributed by atoms with Gasteiger partial charge in [0.2, 0.25) is 0 Å². The lowest BCUT2D eigenvalue weighted by Crippen LogP contribution is -2.35. The first-order chi connectivity index (χ1) is 14.5. The van der Waals surface area contributed by atoms with Crippen molar-refractivity contribution in [2.24, 2.45) is 0 Å². The number of nitrogens with zero attached hydrogens (tertiary/aromatic N) is 2. The summed E-state index contributed by atoms with van der Waals surface area (Å²) in [6, 6.07) is 14.5. The van der Waals surface area contributed by atoms with Gasteiger partial charge in [0.15, 0.2) is 0 Å². The van der Waals surface area contributed by atoms with Crippen molar-refractivity contribution in [3.63, 3.8) is 0 Å². The number of rotatable bonds is 3. The van der Waals surface area contributed by atoms with Crippen LogP contribution in [0, 0.1) is 19.7 Å². The third-order valence-electron chi connectivity index (χ3n) is 6.21. The Hall–Kier alpha value is -3.34. The van der Waals surface area contributed by atoms with Gasteiger partial charge in [0, 0.05) is 53.8 Å². The van der Waals surface area contributed by atoms with E-state index >= 15 is 0 Å². The highest BCUT2D eigenvalue weighted by Gasteiger charge is 2.24. The molecule has 30 heavy (non-hydrogen) atoms. The molecule has 2 aromatic carbocycles. The standard InChI is InChI=1S/C25H23FN2O2/c1-16-17(2)28(14-18-4-3-5-21(26)12-18)23-7-6-19(13-22(16)23)25(29)27-10-8-24-20(15-27)9-11-30-24/h3-7,9,11-13H,8,10,14-15H2,1-2H3. The highest BCUT2D eigenvalue weighted by Crippen LogP contribution is 2.29. The largest absolute Gasteiger partial charge is 0.469 e. The average molecular weight is 402 g/mol. The van der Waals surface area contributed by atoms with Gasteiger partial charge in [0.05, 0.1) is 6.26 Å². The van der Waals surface area contributed by atoms with Crippen LogP contribution in [0.1, 0.15) is 38.5 Å². The number of amides is 1. The van der Waals surface area contributed by atoms with Crippen LogP contribution in [-0.2, 0) is 19.5 Å². The van der Waals surface area contributed by atoms with Crippen LogP contribution in [0.25, 0.3) is 10.9 Å². The Morgan fingerprint density at radius 2 is 2.00 bits per heavy atom. The van der Waals surface area contributed by atoms with E-state index in [1.165, 1.54) is 6.07 Å². The third-order valence-corrected chi connectivity index (χ3v) is 6.21. The molecule has 0 radical (unpaired) electrons. The highest BCUT2D eigenvalue weighted by atomic mass is 19.1. The summed E-state index contributed by atoms with van der Waals surface area (Å²) >= 11 is 0. The number of aryl methyl sites for hydroxylation is 1.